The van der Waals surface area contributed by atoms with E-state index in [2.05, 4.69) is 4.98 Å². The Balaban J connectivity index is 2.00. The predicted octanol–water partition coefficient (Wildman–Crippen LogP) is 3.94. The Morgan fingerprint density at radius 3 is 2.37 bits per heavy atom. The highest BCUT2D eigenvalue weighted by Gasteiger charge is 2.31. The van der Waals surface area contributed by atoms with Gasteiger partial charge in [-0.3, -0.25) is 0 Å². The molecule has 2 heterocycles. The maximum Gasteiger partial charge on any atom is 0.417 e. The molecule has 1 aromatic heterocycles. The third kappa shape index (κ3) is 3.53. The Labute approximate surface area is 115 Å². The zero-order valence-corrected chi connectivity index (χ0v) is 11.4. The van der Waals surface area contributed by atoms with Crippen LogP contribution in [0.4, 0.5) is 19.0 Å². The first-order chi connectivity index (χ1) is 8.88. The molecule has 0 spiro atoms. The number of pyridine rings is 1. The fourth-order valence-corrected chi connectivity index (χ4v) is 2.58. The van der Waals surface area contributed by atoms with Crippen LogP contribution in [-0.2, 0) is 6.18 Å². The van der Waals surface area contributed by atoms with Gasteiger partial charge in [-0.1, -0.05) is 0 Å². The maximum atomic E-state index is 12.4. The predicted molar refractivity (Wildman–Crippen MR) is 69.5 cm³/mol. The number of aromatic nitrogens is 1. The normalized spacial score (nSPS) is 19.5. The second-order valence-electron chi connectivity index (χ2n) is 4.90. The Morgan fingerprint density at radius 2 is 1.95 bits per heavy atom. The van der Waals surface area contributed by atoms with E-state index in [1.807, 2.05) is 11.8 Å². The SMILES string of the molecule is CC(Cl)C1CCN(c2ccc(C(F)(F)F)cn2)CC1. The summed E-state index contributed by atoms with van der Waals surface area (Å²) in [5, 5.41) is 0.141. The van der Waals surface area contributed by atoms with E-state index in [9.17, 15) is 13.2 Å². The molecule has 1 aliphatic heterocycles. The van der Waals surface area contributed by atoms with Crippen molar-refractivity contribution in [3.8, 4) is 0 Å². The molecule has 1 fully saturated rings. The Kier molecular flexibility index (Phi) is 4.23. The molecule has 0 aromatic carbocycles. The van der Waals surface area contributed by atoms with Gasteiger partial charge in [-0.15, -0.1) is 11.6 Å². The number of anilines is 1. The molecule has 0 saturated carbocycles. The van der Waals surface area contributed by atoms with Crippen molar-refractivity contribution in [2.45, 2.75) is 31.3 Å². The molecular weight excluding hydrogens is 277 g/mol. The highest BCUT2D eigenvalue weighted by molar-refractivity contribution is 6.20. The van der Waals surface area contributed by atoms with Crippen LogP contribution in [0.3, 0.4) is 0 Å². The fourth-order valence-electron chi connectivity index (χ4n) is 2.33. The van der Waals surface area contributed by atoms with E-state index in [4.69, 9.17) is 11.6 Å². The largest absolute Gasteiger partial charge is 0.417 e. The highest BCUT2D eigenvalue weighted by atomic mass is 35.5. The van der Waals surface area contributed by atoms with E-state index in [-0.39, 0.29) is 5.38 Å². The van der Waals surface area contributed by atoms with E-state index < -0.39 is 11.7 Å². The number of hydrogen-bond donors (Lipinski definition) is 0. The van der Waals surface area contributed by atoms with Gasteiger partial charge in [0.2, 0.25) is 0 Å². The summed E-state index contributed by atoms with van der Waals surface area (Å²) in [5.41, 5.74) is -0.708. The lowest BCUT2D eigenvalue weighted by atomic mass is 9.94. The van der Waals surface area contributed by atoms with E-state index in [1.165, 1.54) is 6.07 Å². The van der Waals surface area contributed by atoms with Crippen molar-refractivity contribution in [1.29, 1.82) is 0 Å². The smallest absolute Gasteiger partial charge is 0.357 e. The van der Waals surface area contributed by atoms with Crippen molar-refractivity contribution < 1.29 is 13.2 Å². The van der Waals surface area contributed by atoms with Crippen LogP contribution in [0.25, 0.3) is 0 Å². The van der Waals surface area contributed by atoms with Crippen LogP contribution >= 0.6 is 11.6 Å². The third-order valence-electron chi connectivity index (χ3n) is 3.59. The van der Waals surface area contributed by atoms with Crippen LogP contribution in [0.1, 0.15) is 25.3 Å². The van der Waals surface area contributed by atoms with E-state index >= 15 is 0 Å². The van der Waals surface area contributed by atoms with Gasteiger partial charge < -0.3 is 4.90 Å². The summed E-state index contributed by atoms with van der Waals surface area (Å²) in [5.74, 6) is 1.08. The van der Waals surface area contributed by atoms with Gasteiger partial charge in [0.25, 0.3) is 0 Å². The molecule has 0 N–H and O–H groups in total. The molecule has 0 radical (unpaired) electrons. The fraction of sp³-hybridized carbons (Fsp3) is 0.615. The van der Waals surface area contributed by atoms with Crippen LogP contribution in [0.15, 0.2) is 18.3 Å². The lowest BCUT2D eigenvalue weighted by molar-refractivity contribution is -0.137. The van der Waals surface area contributed by atoms with E-state index in [1.54, 1.807) is 0 Å². The molecule has 1 atom stereocenters. The topological polar surface area (TPSA) is 16.1 Å². The summed E-state index contributed by atoms with van der Waals surface area (Å²) in [6, 6.07) is 2.52. The quantitative estimate of drug-likeness (QED) is 0.768. The number of alkyl halides is 4. The zero-order chi connectivity index (χ0) is 14.0. The molecule has 1 saturated heterocycles. The summed E-state index contributed by atoms with van der Waals surface area (Å²) in [4.78, 5) is 5.92. The lowest BCUT2D eigenvalue weighted by Gasteiger charge is -2.33. The van der Waals surface area contributed by atoms with Gasteiger partial charge in [-0.25, -0.2) is 4.98 Å². The number of hydrogen-bond acceptors (Lipinski definition) is 2. The molecule has 1 aromatic rings. The van der Waals surface area contributed by atoms with Crippen molar-refractivity contribution in [3.05, 3.63) is 23.9 Å². The van der Waals surface area contributed by atoms with Gasteiger partial charge in [0.15, 0.2) is 0 Å². The maximum absolute atomic E-state index is 12.4. The van der Waals surface area contributed by atoms with Crippen LogP contribution < -0.4 is 4.90 Å². The zero-order valence-electron chi connectivity index (χ0n) is 10.6. The van der Waals surface area contributed by atoms with Crippen LogP contribution in [-0.4, -0.2) is 23.5 Å². The second kappa shape index (κ2) is 5.57. The number of nitrogens with zero attached hydrogens (tertiary/aromatic N) is 2. The minimum atomic E-state index is -4.33. The Morgan fingerprint density at radius 1 is 1.32 bits per heavy atom. The number of rotatable bonds is 2. The molecule has 2 rings (SSSR count). The summed E-state index contributed by atoms with van der Waals surface area (Å²) >= 11 is 6.06. The first kappa shape index (κ1) is 14.4. The van der Waals surface area contributed by atoms with Crippen molar-refractivity contribution in [2.75, 3.05) is 18.0 Å². The number of halogens is 4. The van der Waals surface area contributed by atoms with Gasteiger partial charge in [0, 0.05) is 24.7 Å². The molecule has 0 bridgehead atoms. The summed E-state index contributed by atoms with van der Waals surface area (Å²) < 4.78 is 37.3. The lowest BCUT2D eigenvalue weighted by Crippen LogP contribution is -2.36. The van der Waals surface area contributed by atoms with Gasteiger partial charge in [-0.05, 0) is 37.8 Å². The van der Waals surface area contributed by atoms with Crippen molar-refractivity contribution in [1.82, 2.24) is 4.98 Å². The Hall–Kier alpha value is -0.970. The molecule has 2 nitrogen and oxygen atoms in total. The van der Waals surface area contributed by atoms with Crippen molar-refractivity contribution in [2.24, 2.45) is 5.92 Å². The molecular formula is C13H16ClF3N2. The molecule has 106 valence electrons. The summed E-state index contributed by atoms with van der Waals surface area (Å²) in [6.07, 6.45) is -1.53. The van der Waals surface area contributed by atoms with Gasteiger partial charge >= 0.3 is 6.18 Å². The number of piperidine rings is 1. The van der Waals surface area contributed by atoms with Gasteiger partial charge in [0.05, 0.1) is 5.56 Å². The van der Waals surface area contributed by atoms with Crippen LogP contribution in [0.5, 0.6) is 0 Å². The molecule has 0 amide bonds. The van der Waals surface area contributed by atoms with E-state index in [0.29, 0.717) is 11.7 Å². The standard InChI is InChI=1S/C13H16ClF3N2/c1-9(14)10-4-6-19(7-5-10)12-3-2-11(8-18-12)13(15,16)17/h2-3,8-10H,4-7H2,1H3. The molecule has 1 aliphatic rings. The average molecular weight is 293 g/mol. The molecule has 6 heteroatoms. The average Bonchev–Trinajstić information content (AvgIpc) is 2.38. The molecule has 0 aliphatic carbocycles. The van der Waals surface area contributed by atoms with E-state index in [0.717, 1.165) is 38.2 Å². The monoisotopic (exact) mass is 292 g/mol. The second-order valence-corrected chi connectivity index (χ2v) is 5.59. The highest BCUT2D eigenvalue weighted by Crippen LogP contribution is 2.30. The minimum absolute atomic E-state index is 0.141. The van der Waals surface area contributed by atoms with Crippen molar-refractivity contribution >= 4 is 17.4 Å². The third-order valence-corrected chi connectivity index (χ3v) is 3.94. The van der Waals surface area contributed by atoms with Crippen LogP contribution in [0.2, 0.25) is 0 Å². The Bertz CT molecular complexity index is 409. The first-order valence-corrected chi connectivity index (χ1v) is 6.74. The van der Waals surface area contributed by atoms with Crippen LogP contribution in [0, 0.1) is 5.92 Å². The van der Waals surface area contributed by atoms with Gasteiger partial charge in [0.1, 0.15) is 5.82 Å². The van der Waals surface area contributed by atoms with Gasteiger partial charge in [-0.2, -0.15) is 13.2 Å². The molecule has 1 unspecified atom stereocenters. The van der Waals surface area contributed by atoms with Crippen molar-refractivity contribution in [3.63, 3.8) is 0 Å². The minimum Gasteiger partial charge on any atom is -0.357 e. The molecule has 19 heavy (non-hydrogen) atoms. The summed E-state index contributed by atoms with van der Waals surface area (Å²) in [6.45, 7) is 3.57. The summed E-state index contributed by atoms with van der Waals surface area (Å²) in [7, 11) is 0. The first-order valence-electron chi connectivity index (χ1n) is 6.30.